The summed E-state index contributed by atoms with van der Waals surface area (Å²) < 4.78 is 0.655. The van der Waals surface area contributed by atoms with Crippen LogP contribution in [0.25, 0.3) is 0 Å². The lowest BCUT2D eigenvalue weighted by molar-refractivity contribution is -0.117. The minimum atomic E-state index is -0.102. The number of hydrogen-bond donors (Lipinski definition) is 2. The van der Waals surface area contributed by atoms with Crippen molar-refractivity contribution in [2.75, 3.05) is 36.0 Å². The molecule has 1 aromatic heterocycles. The van der Waals surface area contributed by atoms with E-state index < -0.39 is 0 Å². The van der Waals surface area contributed by atoms with E-state index in [9.17, 15) is 9.59 Å². The minimum absolute atomic E-state index is 0.0679. The van der Waals surface area contributed by atoms with E-state index in [1.807, 2.05) is 31.2 Å². The summed E-state index contributed by atoms with van der Waals surface area (Å²) in [5.41, 5.74) is 1.92. The molecule has 7 nitrogen and oxygen atoms in total. The number of nitrogens with zero attached hydrogens (tertiary/aromatic N) is 3. The SMILES string of the molecule is Cc1ccc(NC(=O)CSc2nnc(NC(=O)CN3CCCCC3)s2)cc1. The van der Waals surface area contributed by atoms with Gasteiger partial charge in [0, 0.05) is 5.69 Å². The summed E-state index contributed by atoms with van der Waals surface area (Å²) in [5.74, 6) is 0.0704. The zero-order valence-electron chi connectivity index (χ0n) is 15.2. The molecule has 0 saturated carbocycles. The molecule has 1 aromatic carbocycles. The van der Waals surface area contributed by atoms with Gasteiger partial charge in [0.1, 0.15) is 0 Å². The Labute approximate surface area is 166 Å². The van der Waals surface area contributed by atoms with Crippen LogP contribution in [0.15, 0.2) is 28.6 Å². The van der Waals surface area contributed by atoms with Crippen molar-refractivity contribution in [1.29, 1.82) is 0 Å². The lowest BCUT2D eigenvalue weighted by atomic mass is 10.1. The van der Waals surface area contributed by atoms with Crippen LogP contribution in [0.5, 0.6) is 0 Å². The Balaban J connectivity index is 1.41. The van der Waals surface area contributed by atoms with Crippen molar-refractivity contribution in [2.24, 2.45) is 0 Å². The number of aromatic nitrogens is 2. The Morgan fingerprint density at radius 1 is 1.07 bits per heavy atom. The molecule has 2 aromatic rings. The van der Waals surface area contributed by atoms with E-state index in [1.165, 1.54) is 29.5 Å². The lowest BCUT2D eigenvalue weighted by Gasteiger charge is -2.25. The maximum absolute atomic E-state index is 12.1. The maximum Gasteiger partial charge on any atom is 0.240 e. The van der Waals surface area contributed by atoms with Crippen LogP contribution in [0, 0.1) is 6.92 Å². The van der Waals surface area contributed by atoms with Gasteiger partial charge >= 0.3 is 0 Å². The van der Waals surface area contributed by atoms with Crippen molar-refractivity contribution >= 4 is 45.7 Å². The Morgan fingerprint density at radius 2 is 1.81 bits per heavy atom. The molecule has 144 valence electrons. The second kappa shape index (κ2) is 9.82. The van der Waals surface area contributed by atoms with Gasteiger partial charge in [-0.05, 0) is 45.0 Å². The van der Waals surface area contributed by atoms with Gasteiger partial charge in [0.25, 0.3) is 0 Å². The number of thioether (sulfide) groups is 1. The molecule has 0 radical (unpaired) electrons. The van der Waals surface area contributed by atoms with Gasteiger partial charge in [0.05, 0.1) is 12.3 Å². The van der Waals surface area contributed by atoms with Crippen molar-refractivity contribution in [1.82, 2.24) is 15.1 Å². The Morgan fingerprint density at radius 3 is 2.56 bits per heavy atom. The normalized spacial score (nSPS) is 14.7. The van der Waals surface area contributed by atoms with Crippen molar-refractivity contribution in [3.05, 3.63) is 29.8 Å². The summed E-state index contributed by atoms with van der Waals surface area (Å²) in [6, 6.07) is 7.65. The van der Waals surface area contributed by atoms with Crippen LogP contribution in [0.1, 0.15) is 24.8 Å². The average molecular weight is 406 g/mol. The third kappa shape index (κ3) is 6.60. The third-order valence-corrected chi connectivity index (χ3v) is 6.10. The molecular formula is C18H23N5O2S2. The third-order valence-electron chi connectivity index (χ3n) is 4.13. The van der Waals surface area contributed by atoms with Gasteiger partial charge in [-0.25, -0.2) is 0 Å². The minimum Gasteiger partial charge on any atom is -0.325 e. The predicted octanol–water partition coefficient (Wildman–Crippen LogP) is 3.00. The summed E-state index contributed by atoms with van der Waals surface area (Å²) >= 11 is 2.59. The van der Waals surface area contributed by atoms with E-state index in [4.69, 9.17) is 0 Å². The second-order valence-electron chi connectivity index (χ2n) is 6.46. The van der Waals surface area contributed by atoms with Gasteiger partial charge in [-0.15, -0.1) is 10.2 Å². The van der Waals surface area contributed by atoms with E-state index >= 15 is 0 Å². The number of nitrogens with one attached hydrogen (secondary N) is 2. The number of piperidine rings is 1. The van der Waals surface area contributed by atoms with Gasteiger partial charge in [-0.2, -0.15) is 0 Å². The van der Waals surface area contributed by atoms with Crippen molar-refractivity contribution in [2.45, 2.75) is 30.5 Å². The second-order valence-corrected chi connectivity index (χ2v) is 8.66. The van der Waals surface area contributed by atoms with Crippen LogP contribution in [0.3, 0.4) is 0 Å². The molecule has 1 saturated heterocycles. The molecule has 0 aliphatic carbocycles. The fraction of sp³-hybridized carbons (Fsp3) is 0.444. The summed E-state index contributed by atoms with van der Waals surface area (Å²) in [7, 11) is 0. The van der Waals surface area contributed by atoms with Crippen LogP contribution in [0.2, 0.25) is 0 Å². The molecule has 2 N–H and O–H groups in total. The number of carbonyl (C=O) groups excluding carboxylic acids is 2. The standard InChI is InChI=1S/C18H23N5O2S2/c1-13-5-7-14(8-6-13)19-16(25)12-26-18-22-21-17(27-18)20-15(24)11-23-9-3-2-4-10-23/h5-8H,2-4,9-12H2,1H3,(H,19,25)(H,20,21,24). The van der Waals surface area contributed by atoms with Crippen LogP contribution in [-0.2, 0) is 9.59 Å². The van der Waals surface area contributed by atoms with E-state index in [2.05, 4.69) is 25.7 Å². The number of carbonyl (C=O) groups is 2. The first-order valence-corrected chi connectivity index (χ1v) is 10.7. The Kier molecular flexibility index (Phi) is 7.19. The van der Waals surface area contributed by atoms with Crippen LogP contribution < -0.4 is 10.6 Å². The van der Waals surface area contributed by atoms with E-state index in [0.29, 0.717) is 16.0 Å². The van der Waals surface area contributed by atoms with Gasteiger partial charge in [-0.1, -0.05) is 47.2 Å². The molecule has 1 fully saturated rings. The van der Waals surface area contributed by atoms with Crippen molar-refractivity contribution < 1.29 is 9.59 Å². The summed E-state index contributed by atoms with van der Waals surface area (Å²) in [5, 5.41) is 14.1. The fourth-order valence-electron chi connectivity index (χ4n) is 2.76. The molecule has 0 bridgehead atoms. The van der Waals surface area contributed by atoms with E-state index in [1.54, 1.807) is 0 Å². The maximum atomic E-state index is 12.1. The summed E-state index contributed by atoms with van der Waals surface area (Å²) in [6.07, 6.45) is 3.54. The molecule has 0 atom stereocenters. The van der Waals surface area contributed by atoms with Gasteiger partial charge in [-0.3, -0.25) is 19.8 Å². The molecule has 9 heteroatoms. The van der Waals surface area contributed by atoms with Crippen LogP contribution >= 0.6 is 23.1 Å². The fourth-order valence-corrected chi connectivity index (χ4v) is 4.33. The Bertz CT molecular complexity index is 772. The number of anilines is 2. The highest BCUT2D eigenvalue weighted by molar-refractivity contribution is 8.01. The Hall–Kier alpha value is -1.97. The topological polar surface area (TPSA) is 87.2 Å². The molecule has 1 aliphatic heterocycles. The predicted molar refractivity (Wildman–Crippen MR) is 109 cm³/mol. The van der Waals surface area contributed by atoms with Gasteiger partial charge in [0.15, 0.2) is 4.34 Å². The van der Waals surface area contributed by atoms with Crippen LogP contribution in [-0.4, -0.2) is 52.3 Å². The van der Waals surface area contributed by atoms with Gasteiger partial charge in [0.2, 0.25) is 16.9 Å². The largest absolute Gasteiger partial charge is 0.325 e. The zero-order chi connectivity index (χ0) is 19.1. The average Bonchev–Trinajstić information content (AvgIpc) is 3.10. The first kappa shape index (κ1) is 19.8. The molecule has 2 amide bonds. The molecule has 1 aliphatic rings. The highest BCUT2D eigenvalue weighted by Gasteiger charge is 2.15. The number of rotatable bonds is 7. The molecule has 27 heavy (non-hydrogen) atoms. The first-order valence-electron chi connectivity index (χ1n) is 8.93. The molecule has 0 unspecified atom stereocenters. The summed E-state index contributed by atoms with van der Waals surface area (Å²) in [6.45, 7) is 4.34. The summed E-state index contributed by atoms with van der Waals surface area (Å²) in [4.78, 5) is 26.3. The van der Waals surface area contributed by atoms with Gasteiger partial charge < -0.3 is 5.32 Å². The lowest BCUT2D eigenvalue weighted by Crippen LogP contribution is -2.36. The van der Waals surface area contributed by atoms with Crippen LogP contribution in [0.4, 0.5) is 10.8 Å². The van der Waals surface area contributed by atoms with E-state index in [-0.39, 0.29) is 17.6 Å². The van der Waals surface area contributed by atoms with Crippen molar-refractivity contribution in [3.8, 4) is 0 Å². The number of hydrogen-bond acceptors (Lipinski definition) is 7. The first-order chi connectivity index (χ1) is 13.1. The molecule has 3 rings (SSSR count). The zero-order valence-corrected chi connectivity index (χ0v) is 16.9. The smallest absolute Gasteiger partial charge is 0.240 e. The molecule has 2 heterocycles. The highest BCUT2D eigenvalue weighted by Crippen LogP contribution is 2.25. The number of benzene rings is 1. The molecular weight excluding hydrogens is 382 g/mol. The number of likely N-dealkylation sites (tertiary alicyclic amines) is 1. The van der Waals surface area contributed by atoms with Crippen molar-refractivity contribution in [3.63, 3.8) is 0 Å². The quantitative estimate of drug-likeness (QED) is 0.544. The number of aryl methyl sites for hydroxylation is 1. The van der Waals surface area contributed by atoms with E-state index in [0.717, 1.165) is 37.2 Å². The highest BCUT2D eigenvalue weighted by atomic mass is 32.2. The number of amides is 2. The monoisotopic (exact) mass is 405 g/mol. The molecule has 0 spiro atoms.